The molecule has 3 heterocycles. The number of hydrogen-bond donors (Lipinski definition) is 0. The van der Waals surface area contributed by atoms with Crippen LogP contribution >= 0.6 is 0 Å². The third-order valence-corrected chi connectivity index (χ3v) is 4.53. The van der Waals surface area contributed by atoms with Gasteiger partial charge in [0.05, 0.1) is 38.2 Å². The van der Waals surface area contributed by atoms with Gasteiger partial charge in [0.1, 0.15) is 17.9 Å². The molecule has 1 atom stereocenters. The summed E-state index contributed by atoms with van der Waals surface area (Å²) in [6, 6.07) is 0.0451. The number of carbonyl (C=O) groups excluding carboxylic acids is 2. The van der Waals surface area contributed by atoms with Crippen molar-refractivity contribution in [3.63, 3.8) is 0 Å². The lowest BCUT2D eigenvalue weighted by Crippen LogP contribution is -2.60. The second-order valence-corrected chi connectivity index (χ2v) is 6.91. The lowest BCUT2D eigenvalue weighted by Gasteiger charge is -2.43. The first-order valence-corrected chi connectivity index (χ1v) is 8.49. The molecule has 1 spiro atoms. The van der Waals surface area contributed by atoms with Crippen LogP contribution in [0.1, 0.15) is 30.0 Å². The van der Waals surface area contributed by atoms with Gasteiger partial charge >= 0.3 is 0 Å². The highest BCUT2D eigenvalue weighted by molar-refractivity contribution is 5.92. The van der Waals surface area contributed by atoms with Gasteiger partial charge in [0.15, 0.2) is 0 Å². The molecule has 3 rings (SSSR count). The first kappa shape index (κ1) is 17.8. The van der Waals surface area contributed by atoms with Crippen LogP contribution in [0.3, 0.4) is 0 Å². The zero-order valence-electron chi connectivity index (χ0n) is 14.9. The molecule has 1 aromatic heterocycles. The minimum absolute atomic E-state index is 0.0423. The predicted molar refractivity (Wildman–Crippen MR) is 89.0 cm³/mol. The number of morpholine rings is 1. The van der Waals surface area contributed by atoms with E-state index < -0.39 is 5.60 Å². The van der Waals surface area contributed by atoms with E-state index in [1.807, 2.05) is 20.8 Å². The van der Waals surface area contributed by atoms with Crippen LogP contribution in [0.2, 0.25) is 0 Å². The summed E-state index contributed by atoms with van der Waals surface area (Å²) in [5, 5.41) is 0. The maximum Gasteiger partial charge on any atom is 0.274 e. The number of aryl methyl sites for hydroxylation is 1. The van der Waals surface area contributed by atoms with E-state index in [2.05, 4.69) is 9.97 Å². The van der Waals surface area contributed by atoms with Crippen LogP contribution in [0.25, 0.3) is 0 Å². The van der Waals surface area contributed by atoms with E-state index in [-0.39, 0.29) is 31.1 Å². The number of carbonyl (C=O) groups is 2. The van der Waals surface area contributed by atoms with Gasteiger partial charge in [-0.1, -0.05) is 0 Å². The van der Waals surface area contributed by atoms with E-state index >= 15 is 0 Å². The molecule has 2 fully saturated rings. The van der Waals surface area contributed by atoms with Crippen molar-refractivity contribution in [2.24, 2.45) is 0 Å². The van der Waals surface area contributed by atoms with Gasteiger partial charge in [0.25, 0.3) is 5.91 Å². The molecule has 25 heavy (non-hydrogen) atoms. The first-order valence-electron chi connectivity index (χ1n) is 8.49. The summed E-state index contributed by atoms with van der Waals surface area (Å²) in [6.07, 6.45) is 3.07. The second kappa shape index (κ2) is 7.05. The van der Waals surface area contributed by atoms with Gasteiger partial charge in [-0.05, 0) is 20.8 Å². The Morgan fingerprint density at radius 3 is 2.76 bits per heavy atom. The summed E-state index contributed by atoms with van der Waals surface area (Å²) in [5.74, 6) is -0.231. The molecule has 8 heteroatoms. The van der Waals surface area contributed by atoms with Gasteiger partial charge in [0.2, 0.25) is 5.91 Å². The van der Waals surface area contributed by atoms with Crippen molar-refractivity contribution in [2.45, 2.75) is 32.4 Å². The number of amides is 2. The summed E-state index contributed by atoms with van der Waals surface area (Å²) >= 11 is 0. The zero-order valence-corrected chi connectivity index (χ0v) is 14.9. The molecule has 2 amide bonds. The van der Waals surface area contributed by atoms with Crippen molar-refractivity contribution in [2.75, 3.05) is 39.5 Å². The molecule has 0 bridgehead atoms. The standard InChI is InChI=1S/C17H24N4O4/c1-12(2)21-10-17(11-24-8-15(21)22)9-20(4-5-25-17)16(23)14-7-18-13(3)6-19-14/h6-7,12H,4-5,8-11H2,1-3H3. The number of aromatic nitrogens is 2. The van der Waals surface area contributed by atoms with E-state index in [9.17, 15) is 9.59 Å². The van der Waals surface area contributed by atoms with E-state index in [1.54, 1.807) is 16.0 Å². The van der Waals surface area contributed by atoms with Crippen molar-refractivity contribution < 1.29 is 19.1 Å². The monoisotopic (exact) mass is 348 g/mol. The van der Waals surface area contributed by atoms with Gasteiger partial charge in [-0.25, -0.2) is 4.98 Å². The minimum Gasteiger partial charge on any atom is -0.368 e. The highest BCUT2D eigenvalue weighted by Crippen LogP contribution is 2.25. The Hall–Kier alpha value is -2.06. The average molecular weight is 348 g/mol. The van der Waals surface area contributed by atoms with Gasteiger partial charge in [-0.3, -0.25) is 14.6 Å². The first-order chi connectivity index (χ1) is 11.9. The Balaban J connectivity index is 1.78. The zero-order chi connectivity index (χ0) is 18.0. The van der Waals surface area contributed by atoms with Crippen molar-refractivity contribution in [1.29, 1.82) is 0 Å². The highest BCUT2D eigenvalue weighted by atomic mass is 16.5. The second-order valence-electron chi connectivity index (χ2n) is 6.91. The SMILES string of the molecule is Cc1cnc(C(=O)N2CCOC3(COCC(=O)N(C(C)C)C3)C2)cn1. The summed E-state index contributed by atoms with van der Waals surface area (Å²) in [5.41, 5.74) is 0.370. The normalized spacial score (nSPS) is 24.7. The molecular weight excluding hydrogens is 324 g/mol. The lowest BCUT2D eigenvalue weighted by atomic mass is 10.0. The molecular formula is C17H24N4O4. The summed E-state index contributed by atoms with van der Waals surface area (Å²) in [4.78, 5) is 36.7. The molecule has 2 aliphatic heterocycles. The van der Waals surface area contributed by atoms with Gasteiger partial charge in [0, 0.05) is 18.8 Å². The van der Waals surface area contributed by atoms with E-state index in [0.29, 0.717) is 31.9 Å². The predicted octanol–water partition coefficient (Wildman–Crippen LogP) is 0.263. The van der Waals surface area contributed by atoms with E-state index in [1.165, 1.54) is 6.20 Å². The van der Waals surface area contributed by atoms with Crippen LogP contribution in [0, 0.1) is 6.92 Å². The molecule has 1 aromatic rings. The van der Waals surface area contributed by atoms with Crippen LogP contribution in [-0.2, 0) is 14.3 Å². The number of ether oxygens (including phenoxy) is 2. The molecule has 0 N–H and O–H groups in total. The van der Waals surface area contributed by atoms with Gasteiger partial charge < -0.3 is 19.3 Å². The Labute approximate surface area is 147 Å². The summed E-state index contributed by atoms with van der Waals surface area (Å²) < 4.78 is 11.5. The molecule has 8 nitrogen and oxygen atoms in total. The molecule has 0 aromatic carbocycles. The van der Waals surface area contributed by atoms with Crippen LogP contribution < -0.4 is 0 Å². The third kappa shape index (κ3) is 3.80. The highest BCUT2D eigenvalue weighted by Gasteiger charge is 2.44. The molecule has 136 valence electrons. The Morgan fingerprint density at radius 1 is 1.28 bits per heavy atom. The Bertz CT molecular complexity index is 649. The fraction of sp³-hybridized carbons (Fsp3) is 0.647. The fourth-order valence-electron chi connectivity index (χ4n) is 3.19. The summed E-state index contributed by atoms with van der Waals surface area (Å²) in [7, 11) is 0. The maximum absolute atomic E-state index is 12.7. The van der Waals surface area contributed by atoms with Crippen molar-refractivity contribution in [3.8, 4) is 0 Å². The lowest BCUT2D eigenvalue weighted by molar-refractivity contribution is -0.140. The van der Waals surface area contributed by atoms with Crippen molar-refractivity contribution >= 4 is 11.8 Å². The average Bonchev–Trinajstić information content (AvgIpc) is 2.74. The van der Waals surface area contributed by atoms with Crippen LogP contribution in [-0.4, -0.2) is 82.7 Å². The van der Waals surface area contributed by atoms with Gasteiger partial charge in [-0.15, -0.1) is 0 Å². The number of rotatable bonds is 2. The topological polar surface area (TPSA) is 84.9 Å². The molecule has 0 saturated carbocycles. The number of hydrogen-bond acceptors (Lipinski definition) is 6. The fourth-order valence-corrected chi connectivity index (χ4v) is 3.19. The third-order valence-electron chi connectivity index (χ3n) is 4.53. The Kier molecular flexibility index (Phi) is 5.01. The summed E-state index contributed by atoms with van der Waals surface area (Å²) in [6.45, 7) is 7.72. The van der Waals surface area contributed by atoms with Crippen LogP contribution in [0.4, 0.5) is 0 Å². The molecule has 2 saturated heterocycles. The van der Waals surface area contributed by atoms with Crippen molar-refractivity contribution in [1.82, 2.24) is 19.8 Å². The van der Waals surface area contributed by atoms with E-state index in [0.717, 1.165) is 5.69 Å². The largest absolute Gasteiger partial charge is 0.368 e. The smallest absolute Gasteiger partial charge is 0.274 e. The van der Waals surface area contributed by atoms with E-state index in [4.69, 9.17) is 9.47 Å². The molecule has 0 aliphatic carbocycles. The quantitative estimate of drug-likeness (QED) is 0.762. The molecule has 1 unspecified atom stereocenters. The van der Waals surface area contributed by atoms with Crippen LogP contribution in [0.15, 0.2) is 12.4 Å². The van der Waals surface area contributed by atoms with Crippen LogP contribution in [0.5, 0.6) is 0 Å². The molecule has 0 radical (unpaired) electrons. The van der Waals surface area contributed by atoms with Crippen molar-refractivity contribution in [3.05, 3.63) is 23.8 Å². The van der Waals surface area contributed by atoms with Gasteiger partial charge in [-0.2, -0.15) is 0 Å². The maximum atomic E-state index is 12.7. The minimum atomic E-state index is -0.706. The number of nitrogens with zero attached hydrogens (tertiary/aromatic N) is 4. The Morgan fingerprint density at radius 2 is 2.08 bits per heavy atom. The molecule has 2 aliphatic rings.